The topological polar surface area (TPSA) is 38.3 Å². The normalized spacial score (nSPS) is 33.3. The van der Waals surface area contributed by atoms with Gasteiger partial charge >= 0.3 is 5.97 Å². The van der Waals surface area contributed by atoms with Gasteiger partial charge in [0.25, 0.3) is 0 Å². The van der Waals surface area contributed by atoms with Gasteiger partial charge in [-0.25, -0.2) is 0 Å². The molecule has 0 aromatic carbocycles. The van der Waals surface area contributed by atoms with Crippen molar-refractivity contribution in [3.05, 3.63) is 0 Å². The van der Waals surface area contributed by atoms with Crippen molar-refractivity contribution in [1.82, 2.24) is 5.32 Å². The molecule has 0 aliphatic heterocycles. The maximum Gasteiger partial charge on any atom is 0.305 e. The first kappa shape index (κ1) is 16.8. The summed E-state index contributed by atoms with van der Waals surface area (Å²) in [5, 5.41) is 3.84. The van der Waals surface area contributed by atoms with Gasteiger partial charge in [-0.1, -0.05) is 27.2 Å². The van der Waals surface area contributed by atoms with Crippen LogP contribution >= 0.6 is 0 Å². The van der Waals surface area contributed by atoms with E-state index in [4.69, 9.17) is 4.74 Å². The lowest BCUT2D eigenvalue weighted by molar-refractivity contribution is -0.143. The van der Waals surface area contributed by atoms with Crippen LogP contribution in [0, 0.1) is 16.7 Å². The summed E-state index contributed by atoms with van der Waals surface area (Å²) < 4.78 is 4.95. The number of carbonyl (C=O) groups excluding carboxylic acids is 1. The minimum absolute atomic E-state index is 0.0489. The maximum atomic E-state index is 11.3. The van der Waals surface area contributed by atoms with Gasteiger partial charge in [-0.15, -0.1) is 0 Å². The highest BCUT2D eigenvalue weighted by molar-refractivity contribution is 5.69. The van der Waals surface area contributed by atoms with Crippen LogP contribution in [0.25, 0.3) is 0 Å². The molecular weight excluding hydrogens is 262 g/mol. The number of carbonyl (C=O) groups is 1. The number of nitrogens with one attached hydrogen (secondary N) is 1. The van der Waals surface area contributed by atoms with E-state index < -0.39 is 0 Å². The molecule has 0 amide bonds. The van der Waals surface area contributed by atoms with Gasteiger partial charge in [-0.3, -0.25) is 4.79 Å². The molecular formula is C18H33NO2. The quantitative estimate of drug-likeness (QED) is 0.545. The molecule has 0 aromatic rings. The second-order valence-corrected chi connectivity index (χ2v) is 7.92. The number of ether oxygens (including phenoxy) is 1. The van der Waals surface area contributed by atoms with Crippen molar-refractivity contribution in [3.8, 4) is 0 Å². The van der Waals surface area contributed by atoms with Crippen LogP contribution < -0.4 is 5.32 Å². The van der Waals surface area contributed by atoms with Crippen molar-refractivity contribution in [2.24, 2.45) is 16.7 Å². The first-order valence-electron chi connectivity index (χ1n) is 8.79. The summed E-state index contributed by atoms with van der Waals surface area (Å²) >= 11 is 0. The molecule has 0 aromatic heterocycles. The molecule has 2 fully saturated rings. The number of unbranched alkanes of at least 4 members (excludes halogenated alkanes) is 2. The van der Waals surface area contributed by atoms with Gasteiger partial charge in [-0.05, 0) is 62.3 Å². The number of hydrogen-bond acceptors (Lipinski definition) is 3. The van der Waals surface area contributed by atoms with E-state index in [1.54, 1.807) is 0 Å². The fraction of sp³-hybridized carbons (Fsp3) is 0.944. The average molecular weight is 295 g/mol. The smallest absolute Gasteiger partial charge is 0.305 e. The van der Waals surface area contributed by atoms with Crippen LogP contribution in [0.4, 0.5) is 0 Å². The predicted octanol–water partition coefficient (Wildman–Crippen LogP) is 3.91. The molecule has 3 nitrogen and oxygen atoms in total. The lowest BCUT2D eigenvalue weighted by Crippen LogP contribution is -2.50. The summed E-state index contributed by atoms with van der Waals surface area (Å²) in [6.07, 6.45) is 8.01. The van der Waals surface area contributed by atoms with Crippen LogP contribution in [0.5, 0.6) is 0 Å². The largest absolute Gasteiger partial charge is 0.466 e. The second kappa shape index (κ2) is 6.68. The van der Waals surface area contributed by atoms with Crippen molar-refractivity contribution < 1.29 is 9.53 Å². The van der Waals surface area contributed by atoms with Crippen molar-refractivity contribution in [2.75, 3.05) is 13.2 Å². The SMILES string of the molecule is CCOC(=O)CCCCCNC1C2(C)CCC(C2)C1(C)C. The molecule has 0 saturated heterocycles. The Labute approximate surface area is 130 Å². The van der Waals surface area contributed by atoms with Crippen LogP contribution in [0.2, 0.25) is 0 Å². The molecule has 0 spiro atoms. The predicted molar refractivity (Wildman–Crippen MR) is 86.1 cm³/mol. The molecule has 2 bridgehead atoms. The van der Waals surface area contributed by atoms with Crippen LogP contribution in [0.15, 0.2) is 0 Å². The van der Waals surface area contributed by atoms with Crippen molar-refractivity contribution in [2.45, 2.75) is 78.7 Å². The van der Waals surface area contributed by atoms with E-state index in [1.165, 1.54) is 19.3 Å². The third kappa shape index (κ3) is 3.61. The zero-order valence-corrected chi connectivity index (χ0v) is 14.3. The summed E-state index contributed by atoms with van der Waals surface area (Å²) in [6.45, 7) is 10.8. The summed E-state index contributed by atoms with van der Waals surface area (Å²) in [7, 11) is 0. The van der Waals surface area contributed by atoms with E-state index in [2.05, 4.69) is 26.1 Å². The monoisotopic (exact) mass is 295 g/mol. The molecule has 3 heteroatoms. The molecule has 21 heavy (non-hydrogen) atoms. The highest BCUT2D eigenvalue weighted by Crippen LogP contribution is 2.62. The Balaban J connectivity index is 1.64. The summed E-state index contributed by atoms with van der Waals surface area (Å²) in [5.74, 6) is 0.857. The minimum Gasteiger partial charge on any atom is -0.466 e. The van der Waals surface area contributed by atoms with Gasteiger partial charge in [0.05, 0.1) is 6.61 Å². The molecule has 2 rings (SSSR count). The number of fused-ring (bicyclic) bond motifs is 2. The van der Waals surface area contributed by atoms with E-state index in [0.717, 1.165) is 31.7 Å². The highest BCUT2D eigenvalue weighted by atomic mass is 16.5. The van der Waals surface area contributed by atoms with E-state index in [9.17, 15) is 4.79 Å². The lowest BCUT2D eigenvalue weighted by Gasteiger charge is -2.43. The Morgan fingerprint density at radius 2 is 2.00 bits per heavy atom. The molecule has 1 N–H and O–H groups in total. The van der Waals surface area contributed by atoms with Gasteiger partial charge < -0.3 is 10.1 Å². The Hall–Kier alpha value is -0.570. The summed E-state index contributed by atoms with van der Waals surface area (Å²) in [6, 6.07) is 0.661. The first-order chi connectivity index (χ1) is 9.90. The van der Waals surface area contributed by atoms with Crippen LogP contribution in [0.3, 0.4) is 0 Å². The molecule has 2 aliphatic rings. The first-order valence-corrected chi connectivity index (χ1v) is 8.79. The van der Waals surface area contributed by atoms with Gasteiger partial charge in [-0.2, -0.15) is 0 Å². The molecule has 0 heterocycles. The average Bonchev–Trinajstić information content (AvgIpc) is 2.88. The van der Waals surface area contributed by atoms with E-state index >= 15 is 0 Å². The third-order valence-electron chi connectivity index (χ3n) is 5.98. The zero-order chi connectivity index (χ0) is 15.5. The maximum absolute atomic E-state index is 11.3. The Bertz CT molecular complexity index is 361. The zero-order valence-electron chi connectivity index (χ0n) is 14.3. The molecule has 0 radical (unpaired) electrons. The summed E-state index contributed by atoms with van der Waals surface area (Å²) in [4.78, 5) is 11.3. The van der Waals surface area contributed by atoms with Gasteiger partial charge in [0.15, 0.2) is 0 Å². The number of hydrogen-bond donors (Lipinski definition) is 1. The fourth-order valence-electron chi connectivity index (χ4n) is 4.86. The lowest BCUT2D eigenvalue weighted by atomic mass is 9.68. The summed E-state index contributed by atoms with van der Waals surface area (Å²) in [5.41, 5.74) is 0.955. The van der Waals surface area contributed by atoms with Crippen molar-refractivity contribution in [3.63, 3.8) is 0 Å². The standard InChI is InChI=1S/C18H33NO2/c1-5-21-15(20)9-7-6-8-12-19-16-17(2,3)14-10-11-18(16,4)13-14/h14,16,19H,5-13H2,1-4H3. The molecule has 3 atom stereocenters. The molecule has 3 unspecified atom stereocenters. The Morgan fingerprint density at radius 1 is 1.24 bits per heavy atom. The van der Waals surface area contributed by atoms with Crippen molar-refractivity contribution in [1.29, 1.82) is 0 Å². The molecule has 2 aliphatic carbocycles. The van der Waals surface area contributed by atoms with Crippen LogP contribution in [0.1, 0.15) is 72.6 Å². The van der Waals surface area contributed by atoms with Gasteiger partial charge in [0.1, 0.15) is 0 Å². The molecule has 122 valence electrons. The van der Waals surface area contributed by atoms with E-state index in [0.29, 0.717) is 29.9 Å². The van der Waals surface area contributed by atoms with Crippen molar-refractivity contribution >= 4 is 5.97 Å². The number of rotatable bonds is 8. The minimum atomic E-state index is -0.0489. The van der Waals surface area contributed by atoms with E-state index in [-0.39, 0.29) is 5.97 Å². The van der Waals surface area contributed by atoms with Gasteiger partial charge in [0.2, 0.25) is 0 Å². The van der Waals surface area contributed by atoms with Crippen LogP contribution in [-0.4, -0.2) is 25.2 Å². The highest BCUT2D eigenvalue weighted by Gasteiger charge is 2.58. The number of esters is 1. The van der Waals surface area contributed by atoms with Gasteiger partial charge in [0, 0.05) is 12.5 Å². The second-order valence-electron chi connectivity index (χ2n) is 7.92. The van der Waals surface area contributed by atoms with E-state index in [1.807, 2.05) is 6.92 Å². The Morgan fingerprint density at radius 3 is 2.62 bits per heavy atom. The molecule has 2 saturated carbocycles. The fourth-order valence-corrected chi connectivity index (χ4v) is 4.86. The Kier molecular flexibility index (Phi) is 5.34. The van der Waals surface area contributed by atoms with Crippen LogP contribution in [-0.2, 0) is 9.53 Å². The third-order valence-corrected chi connectivity index (χ3v) is 5.98.